The first-order valence-electron chi connectivity index (χ1n) is 5.94. The van der Waals surface area contributed by atoms with E-state index in [9.17, 15) is 0 Å². The fourth-order valence-corrected chi connectivity index (χ4v) is 1.54. The van der Waals surface area contributed by atoms with Crippen molar-refractivity contribution in [1.29, 1.82) is 0 Å². The predicted molar refractivity (Wildman–Crippen MR) is 70.0 cm³/mol. The molecule has 0 saturated carbocycles. The third-order valence-corrected chi connectivity index (χ3v) is 2.59. The second-order valence-electron chi connectivity index (χ2n) is 4.32. The molecule has 0 saturated heterocycles. The Balaban J connectivity index is 2.24. The van der Waals surface area contributed by atoms with Gasteiger partial charge >= 0.3 is 0 Å². The van der Waals surface area contributed by atoms with Crippen LogP contribution in [-0.4, -0.2) is 47.9 Å². The summed E-state index contributed by atoms with van der Waals surface area (Å²) in [7, 11) is 5.42. The molecule has 2 aromatic heterocycles. The van der Waals surface area contributed by atoms with Crippen LogP contribution < -0.4 is 4.90 Å². The zero-order valence-corrected chi connectivity index (χ0v) is 11.5. The highest BCUT2D eigenvalue weighted by Gasteiger charge is 2.13. The van der Waals surface area contributed by atoms with Gasteiger partial charge in [-0.3, -0.25) is 0 Å². The summed E-state index contributed by atoms with van der Waals surface area (Å²) in [4.78, 5) is 14.8. The highest BCUT2D eigenvalue weighted by atomic mass is 16.5. The molecule has 102 valence electrons. The van der Waals surface area contributed by atoms with Crippen molar-refractivity contribution < 1.29 is 9.26 Å². The summed E-state index contributed by atoms with van der Waals surface area (Å²) < 4.78 is 10.2. The van der Waals surface area contributed by atoms with Crippen molar-refractivity contribution >= 4 is 5.95 Å². The maximum absolute atomic E-state index is 5.22. The van der Waals surface area contributed by atoms with E-state index >= 15 is 0 Å². The molecule has 0 bridgehead atoms. The molecule has 0 unspecified atom stereocenters. The monoisotopic (exact) mass is 263 g/mol. The molecule has 0 aromatic carbocycles. The van der Waals surface area contributed by atoms with Crippen LogP contribution >= 0.6 is 0 Å². The van der Waals surface area contributed by atoms with Gasteiger partial charge in [0.25, 0.3) is 5.89 Å². The van der Waals surface area contributed by atoms with Crippen LogP contribution in [0.15, 0.2) is 10.7 Å². The Kier molecular flexibility index (Phi) is 4.06. The van der Waals surface area contributed by atoms with Crippen molar-refractivity contribution in [3.63, 3.8) is 0 Å². The maximum Gasteiger partial charge on any atom is 0.261 e. The van der Waals surface area contributed by atoms with Gasteiger partial charge in [-0.05, 0) is 6.92 Å². The van der Waals surface area contributed by atoms with Crippen molar-refractivity contribution in [3.8, 4) is 11.5 Å². The molecule has 7 heteroatoms. The lowest BCUT2D eigenvalue weighted by molar-refractivity contribution is 0.199. The molecule has 19 heavy (non-hydrogen) atoms. The van der Waals surface area contributed by atoms with E-state index in [1.54, 1.807) is 13.3 Å². The van der Waals surface area contributed by atoms with Crippen LogP contribution in [0.4, 0.5) is 5.95 Å². The zero-order valence-electron chi connectivity index (χ0n) is 11.5. The van der Waals surface area contributed by atoms with Gasteiger partial charge in [0.2, 0.25) is 5.95 Å². The Morgan fingerprint density at radius 1 is 1.32 bits per heavy atom. The molecule has 0 spiro atoms. The minimum absolute atomic E-state index is 0.439. The molecule has 0 atom stereocenters. The van der Waals surface area contributed by atoms with E-state index in [2.05, 4.69) is 20.1 Å². The van der Waals surface area contributed by atoms with Gasteiger partial charge in [0, 0.05) is 33.8 Å². The van der Waals surface area contributed by atoms with E-state index in [4.69, 9.17) is 9.26 Å². The minimum Gasteiger partial charge on any atom is -0.384 e. The Bertz CT molecular complexity index is 553. The van der Waals surface area contributed by atoms with Gasteiger partial charge in [-0.25, -0.2) is 9.97 Å². The second kappa shape index (κ2) is 5.75. The standard InChI is InChI=1S/C12H17N5O2/c1-8-9(7-13-12(14-8)17(2)3)11-15-10(16-19-11)5-6-18-4/h7H,5-6H2,1-4H3. The second-order valence-corrected chi connectivity index (χ2v) is 4.32. The van der Waals surface area contributed by atoms with Crippen LogP contribution in [0.25, 0.3) is 11.5 Å². The topological polar surface area (TPSA) is 77.2 Å². The number of methoxy groups -OCH3 is 1. The van der Waals surface area contributed by atoms with Crippen LogP contribution in [0, 0.1) is 6.92 Å². The molecular weight excluding hydrogens is 246 g/mol. The summed E-state index contributed by atoms with van der Waals surface area (Å²) in [6.07, 6.45) is 2.32. The summed E-state index contributed by atoms with van der Waals surface area (Å²) in [6.45, 7) is 2.46. The van der Waals surface area contributed by atoms with Crippen molar-refractivity contribution in [2.24, 2.45) is 0 Å². The van der Waals surface area contributed by atoms with E-state index in [-0.39, 0.29) is 0 Å². The lowest BCUT2D eigenvalue weighted by Gasteiger charge is -2.10. The molecule has 7 nitrogen and oxygen atoms in total. The Hall–Kier alpha value is -2.02. The first kappa shape index (κ1) is 13.4. The van der Waals surface area contributed by atoms with E-state index in [1.165, 1.54) is 0 Å². The molecule has 0 radical (unpaired) electrons. The van der Waals surface area contributed by atoms with Crippen LogP contribution in [-0.2, 0) is 11.2 Å². The molecule has 0 N–H and O–H groups in total. The SMILES string of the molecule is COCCc1noc(-c2cnc(N(C)C)nc2C)n1. The molecule has 0 amide bonds. The summed E-state index contributed by atoms with van der Waals surface area (Å²) in [5.41, 5.74) is 1.56. The fourth-order valence-electron chi connectivity index (χ4n) is 1.54. The lowest BCUT2D eigenvalue weighted by Crippen LogP contribution is -2.13. The van der Waals surface area contributed by atoms with Gasteiger partial charge in [0.05, 0.1) is 17.9 Å². The molecule has 2 rings (SSSR count). The Morgan fingerprint density at radius 3 is 2.74 bits per heavy atom. The first-order valence-corrected chi connectivity index (χ1v) is 5.94. The third-order valence-electron chi connectivity index (χ3n) is 2.59. The number of aryl methyl sites for hydroxylation is 1. The number of ether oxygens (including phenoxy) is 1. The molecule has 2 aromatic rings. The van der Waals surface area contributed by atoms with E-state index in [1.807, 2.05) is 25.9 Å². The largest absolute Gasteiger partial charge is 0.384 e. The van der Waals surface area contributed by atoms with E-state index in [0.29, 0.717) is 30.7 Å². The predicted octanol–water partition coefficient (Wildman–Crippen LogP) is 1.09. The third kappa shape index (κ3) is 3.05. The summed E-state index contributed by atoms with van der Waals surface area (Å²) >= 11 is 0. The Labute approximate surface area is 111 Å². The fraction of sp³-hybridized carbons (Fsp3) is 0.500. The molecule has 0 aliphatic carbocycles. The normalized spacial score (nSPS) is 10.7. The van der Waals surface area contributed by atoms with Crippen molar-refractivity contribution in [2.45, 2.75) is 13.3 Å². The average molecular weight is 263 g/mol. The van der Waals surface area contributed by atoms with Crippen LogP contribution in [0.3, 0.4) is 0 Å². The number of rotatable bonds is 5. The Morgan fingerprint density at radius 2 is 2.11 bits per heavy atom. The number of anilines is 1. The zero-order chi connectivity index (χ0) is 13.8. The molecule has 2 heterocycles. The smallest absolute Gasteiger partial charge is 0.261 e. The van der Waals surface area contributed by atoms with Crippen molar-refractivity contribution in [2.75, 3.05) is 32.7 Å². The van der Waals surface area contributed by atoms with Crippen LogP contribution in [0.2, 0.25) is 0 Å². The van der Waals surface area contributed by atoms with Gasteiger partial charge in [-0.2, -0.15) is 4.98 Å². The van der Waals surface area contributed by atoms with Gasteiger partial charge in [0.15, 0.2) is 5.82 Å². The first-order chi connectivity index (χ1) is 9.11. The minimum atomic E-state index is 0.439. The number of aromatic nitrogens is 4. The van der Waals surface area contributed by atoms with E-state index in [0.717, 1.165) is 11.3 Å². The van der Waals surface area contributed by atoms with Gasteiger partial charge < -0.3 is 14.2 Å². The summed E-state index contributed by atoms with van der Waals surface area (Å²) in [5.74, 6) is 1.71. The van der Waals surface area contributed by atoms with Gasteiger partial charge in [0.1, 0.15) is 0 Å². The number of hydrogen-bond donors (Lipinski definition) is 0. The quantitative estimate of drug-likeness (QED) is 0.799. The number of hydrogen-bond acceptors (Lipinski definition) is 7. The molecule has 0 aliphatic rings. The van der Waals surface area contributed by atoms with Crippen molar-refractivity contribution in [1.82, 2.24) is 20.1 Å². The van der Waals surface area contributed by atoms with E-state index < -0.39 is 0 Å². The maximum atomic E-state index is 5.22. The number of nitrogens with zero attached hydrogens (tertiary/aromatic N) is 5. The van der Waals surface area contributed by atoms with Gasteiger partial charge in [-0.15, -0.1) is 0 Å². The summed E-state index contributed by atoms with van der Waals surface area (Å²) in [5, 5.41) is 3.90. The van der Waals surface area contributed by atoms with Crippen LogP contribution in [0.5, 0.6) is 0 Å². The molecular formula is C12H17N5O2. The highest BCUT2D eigenvalue weighted by Crippen LogP contribution is 2.20. The highest BCUT2D eigenvalue weighted by molar-refractivity contribution is 5.55. The van der Waals surface area contributed by atoms with Crippen molar-refractivity contribution in [3.05, 3.63) is 17.7 Å². The van der Waals surface area contributed by atoms with Crippen LogP contribution in [0.1, 0.15) is 11.5 Å². The summed E-state index contributed by atoms with van der Waals surface area (Å²) in [6, 6.07) is 0. The average Bonchev–Trinajstić information content (AvgIpc) is 2.84. The molecule has 0 fully saturated rings. The lowest BCUT2D eigenvalue weighted by atomic mass is 10.2. The van der Waals surface area contributed by atoms with Gasteiger partial charge in [-0.1, -0.05) is 5.16 Å². The molecule has 0 aliphatic heterocycles.